The summed E-state index contributed by atoms with van der Waals surface area (Å²) in [6.07, 6.45) is 1.16. The zero-order valence-electron chi connectivity index (χ0n) is 7.71. The third kappa shape index (κ3) is 1.70. The smallest absolute Gasteiger partial charge is 0.154 e. The fourth-order valence-corrected chi connectivity index (χ4v) is 1.21. The van der Waals surface area contributed by atoms with E-state index < -0.39 is 23.1 Å². The van der Waals surface area contributed by atoms with Crippen molar-refractivity contribution in [3.63, 3.8) is 0 Å². The third-order valence-electron chi connectivity index (χ3n) is 1.82. The van der Waals surface area contributed by atoms with Gasteiger partial charge in [0.15, 0.2) is 11.6 Å². The Kier molecular flexibility index (Phi) is 2.18. The number of hydrogen-bond donors (Lipinski definition) is 0. The molecule has 0 aliphatic rings. The molecule has 0 atom stereocenters. The second-order valence-electron chi connectivity index (χ2n) is 2.95. The van der Waals surface area contributed by atoms with Gasteiger partial charge in [0.25, 0.3) is 0 Å². The highest BCUT2D eigenvalue weighted by Gasteiger charge is 2.14. The van der Waals surface area contributed by atoms with E-state index in [1.165, 1.54) is 0 Å². The van der Waals surface area contributed by atoms with E-state index in [0.717, 1.165) is 11.0 Å². The van der Waals surface area contributed by atoms with Crippen LogP contribution in [0.4, 0.5) is 13.2 Å². The highest BCUT2D eigenvalue weighted by molar-refractivity contribution is 5.34. The van der Waals surface area contributed by atoms with Crippen LogP contribution in [0.2, 0.25) is 0 Å². The first kappa shape index (κ1) is 9.70. The molecule has 2 rings (SSSR count). The molecule has 0 aliphatic heterocycles. The second-order valence-corrected chi connectivity index (χ2v) is 2.95. The lowest BCUT2D eigenvalue weighted by Gasteiger charge is -2.03. The molecule has 0 saturated carbocycles. The van der Waals surface area contributed by atoms with Crippen molar-refractivity contribution >= 4 is 0 Å². The van der Waals surface area contributed by atoms with Crippen LogP contribution in [0, 0.1) is 24.4 Å². The summed E-state index contributed by atoms with van der Waals surface area (Å²) in [4.78, 5) is 3.72. The van der Waals surface area contributed by atoms with Gasteiger partial charge < -0.3 is 0 Å². The summed E-state index contributed by atoms with van der Waals surface area (Å²) in [6.45, 7) is 1.58. The Morgan fingerprint density at radius 3 is 2.20 bits per heavy atom. The van der Waals surface area contributed by atoms with Gasteiger partial charge in [-0.15, -0.1) is 0 Å². The minimum Gasteiger partial charge on any atom is -0.220 e. The molecule has 0 saturated heterocycles. The van der Waals surface area contributed by atoms with Crippen LogP contribution in [0.5, 0.6) is 0 Å². The minimum absolute atomic E-state index is 0.373. The molecule has 15 heavy (non-hydrogen) atoms. The number of halogens is 3. The van der Waals surface area contributed by atoms with Crippen molar-refractivity contribution in [1.29, 1.82) is 0 Å². The zero-order valence-corrected chi connectivity index (χ0v) is 7.71. The van der Waals surface area contributed by atoms with Crippen LogP contribution in [-0.2, 0) is 0 Å². The number of aryl methyl sites for hydroxylation is 1. The molecular formula is C9H6F3N3. The Morgan fingerprint density at radius 1 is 1.13 bits per heavy atom. The van der Waals surface area contributed by atoms with Crippen LogP contribution in [0.3, 0.4) is 0 Å². The van der Waals surface area contributed by atoms with Gasteiger partial charge in [-0.25, -0.2) is 22.8 Å². The van der Waals surface area contributed by atoms with Crippen molar-refractivity contribution < 1.29 is 13.2 Å². The van der Waals surface area contributed by atoms with Crippen molar-refractivity contribution in [3.05, 3.63) is 41.7 Å². The molecule has 78 valence electrons. The lowest BCUT2D eigenvalue weighted by atomic mass is 10.3. The molecule has 0 aliphatic carbocycles. The Bertz CT molecular complexity index is 484. The van der Waals surface area contributed by atoms with Gasteiger partial charge in [-0.2, -0.15) is 5.10 Å². The lowest BCUT2D eigenvalue weighted by molar-refractivity contribution is 0.527. The average Bonchev–Trinajstić information content (AvgIpc) is 2.49. The average molecular weight is 213 g/mol. The van der Waals surface area contributed by atoms with Crippen LogP contribution < -0.4 is 0 Å². The first-order valence-electron chi connectivity index (χ1n) is 4.11. The Labute approximate surface area is 83.2 Å². The van der Waals surface area contributed by atoms with Gasteiger partial charge in [-0.1, -0.05) is 0 Å². The summed E-state index contributed by atoms with van der Waals surface area (Å²) in [5.41, 5.74) is -0.433. The molecule has 2 aromatic rings. The summed E-state index contributed by atoms with van der Waals surface area (Å²) in [5.74, 6) is -2.63. The number of aromatic nitrogens is 3. The lowest BCUT2D eigenvalue weighted by Crippen LogP contribution is -2.03. The predicted octanol–water partition coefficient (Wildman–Crippen LogP) is 1.99. The highest BCUT2D eigenvalue weighted by Crippen LogP contribution is 2.18. The quantitative estimate of drug-likeness (QED) is 0.725. The summed E-state index contributed by atoms with van der Waals surface area (Å²) in [6, 6.07) is 1.19. The van der Waals surface area contributed by atoms with E-state index in [0.29, 0.717) is 18.0 Å². The molecule has 0 amide bonds. The van der Waals surface area contributed by atoms with E-state index in [1.807, 2.05) is 0 Å². The van der Waals surface area contributed by atoms with Crippen molar-refractivity contribution in [2.45, 2.75) is 6.92 Å². The maximum absolute atomic E-state index is 13.2. The van der Waals surface area contributed by atoms with Crippen LogP contribution in [0.15, 0.2) is 18.5 Å². The van der Waals surface area contributed by atoms with E-state index in [4.69, 9.17) is 0 Å². The van der Waals surface area contributed by atoms with Gasteiger partial charge in [-0.3, -0.25) is 0 Å². The molecule has 0 bridgehead atoms. The second kappa shape index (κ2) is 3.38. The van der Waals surface area contributed by atoms with E-state index in [-0.39, 0.29) is 0 Å². The first-order valence-corrected chi connectivity index (χ1v) is 4.11. The van der Waals surface area contributed by atoms with Crippen molar-refractivity contribution in [1.82, 2.24) is 14.8 Å². The highest BCUT2D eigenvalue weighted by atomic mass is 19.1. The third-order valence-corrected chi connectivity index (χ3v) is 1.82. The first-order chi connectivity index (χ1) is 7.08. The standard InChI is InChI=1S/C9H6F3N3/c1-5-13-4-15(14-5)9-7(11)2-6(10)3-8(9)12/h2-4H,1H3. The summed E-state index contributed by atoms with van der Waals surface area (Å²) in [7, 11) is 0. The minimum atomic E-state index is -1.02. The molecule has 0 N–H and O–H groups in total. The fourth-order valence-electron chi connectivity index (χ4n) is 1.21. The summed E-state index contributed by atoms with van der Waals surface area (Å²) >= 11 is 0. The predicted molar refractivity (Wildman–Crippen MR) is 46.0 cm³/mol. The zero-order chi connectivity index (χ0) is 11.0. The van der Waals surface area contributed by atoms with Crippen molar-refractivity contribution in [2.24, 2.45) is 0 Å². The van der Waals surface area contributed by atoms with Crippen LogP contribution in [0.1, 0.15) is 5.82 Å². The molecule has 0 radical (unpaired) electrons. The Morgan fingerprint density at radius 2 is 1.73 bits per heavy atom. The van der Waals surface area contributed by atoms with Gasteiger partial charge in [0.1, 0.15) is 23.7 Å². The Balaban J connectivity index is 2.62. The molecule has 1 aromatic carbocycles. The van der Waals surface area contributed by atoms with Crippen LogP contribution in [-0.4, -0.2) is 14.8 Å². The maximum Gasteiger partial charge on any atom is 0.154 e. The number of nitrogens with zero attached hydrogens (tertiary/aromatic N) is 3. The number of hydrogen-bond acceptors (Lipinski definition) is 2. The van der Waals surface area contributed by atoms with E-state index in [9.17, 15) is 13.2 Å². The SMILES string of the molecule is Cc1ncn(-c2c(F)cc(F)cc2F)n1. The van der Waals surface area contributed by atoms with Crippen LogP contribution in [0.25, 0.3) is 5.69 Å². The van der Waals surface area contributed by atoms with E-state index in [1.54, 1.807) is 6.92 Å². The van der Waals surface area contributed by atoms with Crippen molar-refractivity contribution in [3.8, 4) is 5.69 Å². The summed E-state index contributed by atoms with van der Waals surface area (Å²) < 4.78 is 40.0. The fraction of sp³-hybridized carbons (Fsp3) is 0.111. The normalized spacial score (nSPS) is 10.7. The molecule has 3 nitrogen and oxygen atoms in total. The molecule has 1 aromatic heterocycles. The van der Waals surface area contributed by atoms with Gasteiger partial charge in [-0.05, 0) is 6.92 Å². The largest absolute Gasteiger partial charge is 0.220 e. The molecule has 6 heteroatoms. The molecule has 0 spiro atoms. The molecule has 0 fully saturated rings. The molecule has 0 unspecified atom stereocenters. The van der Waals surface area contributed by atoms with Gasteiger partial charge >= 0.3 is 0 Å². The number of benzene rings is 1. The van der Waals surface area contributed by atoms with E-state index >= 15 is 0 Å². The van der Waals surface area contributed by atoms with E-state index in [2.05, 4.69) is 10.1 Å². The topological polar surface area (TPSA) is 30.7 Å². The van der Waals surface area contributed by atoms with Gasteiger partial charge in [0.05, 0.1) is 0 Å². The van der Waals surface area contributed by atoms with Gasteiger partial charge in [0, 0.05) is 12.1 Å². The van der Waals surface area contributed by atoms with Gasteiger partial charge in [0.2, 0.25) is 0 Å². The Hall–Kier alpha value is -1.85. The monoisotopic (exact) mass is 213 g/mol. The van der Waals surface area contributed by atoms with Crippen molar-refractivity contribution in [2.75, 3.05) is 0 Å². The summed E-state index contributed by atoms with van der Waals surface area (Å²) in [5, 5.41) is 3.74. The molecular weight excluding hydrogens is 207 g/mol. The maximum atomic E-state index is 13.2. The number of rotatable bonds is 1. The molecule has 1 heterocycles. The van der Waals surface area contributed by atoms with Crippen LogP contribution >= 0.6 is 0 Å².